The lowest BCUT2D eigenvalue weighted by Crippen LogP contribution is -2.53. The summed E-state index contributed by atoms with van der Waals surface area (Å²) in [7, 11) is 1.91. The lowest BCUT2D eigenvalue weighted by Gasteiger charge is -2.43. The Balaban J connectivity index is 0.00000306. The van der Waals surface area contributed by atoms with Crippen LogP contribution in [0.25, 0.3) is 0 Å². The standard InChI is InChI=1S/C27H36ClN3O.ClH/c1-21-17-22(19-24(28)18-21)20-29(2)27(32)26(23-9-5-3-6-10-23)31-15-13-30(14-16-31)25-11-7-4-8-12-25;/h3,5-6,9-10,17-19,25-26H,4,7-8,11-16,20H2,1-2H3;1H. The molecule has 1 saturated carbocycles. The SMILES string of the molecule is Cc1cc(Cl)cc(CN(C)C(=O)C(c2ccccc2)N2CCN(C3CCCCC3)CC2)c1.Cl. The molecule has 4 rings (SSSR count). The van der Waals surface area contributed by atoms with Gasteiger partial charge in [0.05, 0.1) is 0 Å². The number of aryl methyl sites for hydroxylation is 1. The van der Waals surface area contributed by atoms with Gasteiger partial charge in [-0.2, -0.15) is 0 Å². The van der Waals surface area contributed by atoms with Crippen molar-refractivity contribution in [3.05, 3.63) is 70.2 Å². The molecule has 0 aromatic heterocycles. The number of hydrogen-bond donors (Lipinski definition) is 0. The number of halogens is 2. The average Bonchev–Trinajstić information content (AvgIpc) is 2.80. The molecule has 1 aliphatic carbocycles. The van der Waals surface area contributed by atoms with Gasteiger partial charge in [0.1, 0.15) is 6.04 Å². The summed E-state index contributed by atoms with van der Waals surface area (Å²) in [6, 6.07) is 16.8. The number of benzene rings is 2. The van der Waals surface area contributed by atoms with Crippen molar-refractivity contribution in [2.45, 2.75) is 57.7 Å². The number of nitrogens with zero attached hydrogens (tertiary/aromatic N) is 3. The Bertz CT molecular complexity index is 873. The van der Waals surface area contributed by atoms with E-state index in [1.807, 2.05) is 49.2 Å². The quantitative estimate of drug-likeness (QED) is 0.518. The molecule has 1 amide bonds. The third-order valence-electron chi connectivity index (χ3n) is 7.05. The van der Waals surface area contributed by atoms with Crippen LogP contribution in [0.1, 0.15) is 54.8 Å². The lowest BCUT2D eigenvalue weighted by molar-refractivity contribution is -0.137. The van der Waals surface area contributed by atoms with Crippen molar-refractivity contribution in [3.8, 4) is 0 Å². The molecule has 1 unspecified atom stereocenters. The van der Waals surface area contributed by atoms with Gasteiger partial charge in [0.2, 0.25) is 5.91 Å². The van der Waals surface area contributed by atoms with Gasteiger partial charge in [0.15, 0.2) is 0 Å². The van der Waals surface area contributed by atoms with Gasteiger partial charge in [0.25, 0.3) is 0 Å². The first kappa shape index (κ1) is 26.0. The second-order valence-corrected chi connectivity index (χ2v) is 9.94. The van der Waals surface area contributed by atoms with E-state index in [4.69, 9.17) is 11.6 Å². The lowest BCUT2D eigenvalue weighted by atomic mass is 9.93. The van der Waals surface area contributed by atoms with E-state index in [9.17, 15) is 4.79 Å². The first-order chi connectivity index (χ1) is 15.5. The van der Waals surface area contributed by atoms with Crippen molar-refractivity contribution in [1.29, 1.82) is 0 Å². The fraction of sp³-hybridized carbons (Fsp3) is 0.519. The molecule has 33 heavy (non-hydrogen) atoms. The number of hydrogen-bond acceptors (Lipinski definition) is 3. The van der Waals surface area contributed by atoms with Crippen LogP contribution in [0.5, 0.6) is 0 Å². The fourth-order valence-electron chi connectivity index (χ4n) is 5.42. The molecule has 1 atom stereocenters. The zero-order chi connectivity index (χ0) is 22.5. The van der Waals surface area contributed by atoms with Crippen LogP contribution in [0.4, 0.5) is 0 Å². The van der Waals surface area contributed by atoms with Gasteiger partial charge in [-0.3, -0.25) is 14.6 Å². The second kappa shape index (κ2) is 12.2. The Hall–Kier alpha value is -1.59. The molecule has 1 aliphatic heterocycles. The number of carbonyl (C=O) groups is 1. The maximum absolute atomic E-state index is 13.7. The topological polar surface area (TPSA) is 26.8 Å². The highest BCUT2D eigenvalue weighted by molar-refractivity contribution is 6.30. The van der Waals surface area contributed by atoms with Crippen LogP contribution < -0.4 is 0 Å². The molecule has 0 bridgehead atoms. The van der Waals surface area contributed by atoms with E-state index in [-0.39, 0.29) is 24.4 Å². The van der Waals surface area contributed by atoms with E-state index in [0.29, 0.717) is 6.54 Å². The maximum Gasteiger partial charge on any atom is 0.244 e. The normalized spacial score (nSPS) is 19.0. The van der Waals surface area contributed by atoms with Crippen molar-refractivity contribution in [2.75, 3.05) is 33.2 Å². The van der Waals surface area contributed by atoms with Crippen molar-refractivity contribution in [2.24, 2.45) is 0 Å². The molecule has 180 valence electrons. The van der Waals surface area contributed by atoms with Gasteiger partial charge in [-0.15, -0.1) is 12.4 Å². The first-order valence-corrected chi connectivity index (χ1v) is 12.4. The highest BCUT2D eigenvalue weighted by Crippen LogP contribution is 2.28. The van der Waals surface area contributed by atoms with E-state index in [0.717, 1.165) is 53.9 Å². The number of piperazine rings is 1. The van der Waals surface area contributed by atoms with E-state index in [2.05, 4.69) is 28.0 Å². The largest absolute Gasteiger partial charge is 0.340 e. The summed E-state index contributed by atoms with van der Waals surface area (Å²) in [4.78, 5) is 20.6. The molecule has 2 aliphatic rings. The molecule has 4 nitrogen and oxygen atoms in total. The number of amides is 1. The van der Waals surface area contributed by atoms with E-state index >= 15 is 0 Å². The minimum atomic E-state index is -0.241. The third-order valence-corrected chi connectivity index (χ3v) is 7.27. The van der Waals surface area contributed by atoms with Gasteiger partial charge < -0.3 is 4.90 Å². The van der Waals surface area contributed by atoms with E-state index < -0.39 is 0 Å². The minimum absolute atomic E-state index is 0. The smallest absolute Gasteiger partial charge is 0.244 e. The summed E-state index contributed by atoms with van der Waals surface area (Å²) >= 11 is 6.25. The van der Waals surface area contributed by atoms with Crippen LogP contribution in [0.2, 0.25) is 5.02 Å². The molecule has 0 radical (unpaired) electrons. The van der Waals surface area contributed by atoms with Crippen LogP contribution in [0.15, 0.2) is 48.5 Å². The predicted octanol–water partition coefficient (Wildman–Crippen LogP) is 5.72. The van der Waals surface area contributed by atoms with Gasteiger partial charge in [-0.25, -0.2) is 0 Å². The zero-order valence-corrected chi connectivity index (χ0v) is 21.5. The Morgan fingerprint density at radius 1 is 1.03 bits per heavy atom. The summed E-state index contributed by atoms with van der Waals surface area (Å²) in [5.74, 6) is 0.153. The molecule has 2 aromatic carbocycles. The Morgan fingerprint density at radius 3 is 2.33 bits per heavy atom. The zero-order valence-electron chi connectivity index (χ0n) is 19.9. The van der Waals surface area contributed by atoms with Crippen molar-refractivity contribution < 1.29 is 4.79 Å². The third kappa shape index (κ3) is 6.73. The Kier molecular flexibility index (Phi) is 9.63. The van der Waals surface area contributed by atoms with Crippen LogP contribution in [0, 0.1) is 6.92 Å². The number of carbonyl (C=O) groups excluding carboxylic acids is 1. The van der Waals surface area contributed by atoms with Crippen LogP contribution in [0.3, 0.4) is 0 Å². The molecule has 1 saturated heterocycles. The maximum atomic E-state index is 13.7. The van der Waals surface area contributed by atoms with E-state index in [1.54, 1.807) is 0 Å². The van der Waals surface area contributed by atoms with Crippen molar-refractivity contribution >= 4 is 29.9 Å². The van der Waals surface area contributed by atoms with Crippen molar-refractivity contribution in [1.82, 2.24) is 14.7 Å². The second-order valence-electron chi connectivity index (χ2n) is 9.51. The molecule has 2 aromatic rings. The summed E-state index contributed by atoms with van der Waals surface area (Å²) < 4.78 is 0. The predicted molar refractivity (Wildman–Crippen MR) is 139 cm³/mol. The monoisotopic (exact) mass is 489 g/mol. The van der Waals surface area contributed by atoms with Gasteiger partial charge in [0, 0.05) is 50.8 Å². The van der Waals surface area contributed by atoms with E-state index in [1.165, 1.54) is 32.1 Å². The average molecular weight is 491 g/mol. The fourth-order valence-corrected chi connectivity index (χ4v) is 5.73. The Morgan fingerprint density at radius 2 is 1.70 bits per heavy atom. The molecular formula is C27H37Cl2N3O. The molecule has 2 fully saturated rings. The van der Waals surface area contributed by atoms with Gasteiger partial charge in [-0.05, 0) is 48.6 Å². The number of rotatable bonds is 6. The summed E-state index contributed by atoms with van der Waals surface area (Å²) in [5.41, 5.74) is 3.27. The van der Waals surface area contributed by atoms with Gasteiger partial charge >= 0.3 is 0 Å². The first-order valence-electron chi connectivity index (χ1n) is 12.1. The highest BCUT2D eigenvalue weighted by Gasteiger charge is 2.34. The van der Waals surface area contributed by atoms with Gasteiger partial charge in [-0.1, -0.05) is 67.3 Å². The molecule has 1 heterocycles. The summed E-state index contributed by atoms with van der Waals surface area (Å²) in [6.45, 7) is 6.58. The van der Waals surface area contributed by atoms with Crippen molar-refractivity contribution in [3.63, 3.8) is 0 Å². The van der Waals surface area contributed by atoms with Crippen LogP contribution in [-0.2, 0) is 11.3 Å². The molecule has 0 spiro atoms. The number of likely N-dealkylation sites (N-methyl/N-ethyl adjacent to an activating group) is 1. The summed E-state index contributed by atoms with van der Waals surface area (Å²) in [5, 5.41) is 0.722. The highest BCUT2D eigenvalue weighted by atomic mass is 35.5. The molecular weight excluding hydrogens is 453 g/mol. The van der Waals surface area contributed by atoms with Crippen LogP contribution in [-0.4, -0.2) is 59.9 Å². The molecule has 0 N–H and O–H groups in total. The molecule has 6 heteroatoms. The Labute approximate surface area is 210 Å². The van der Waals surface area contributed by atoms with Crippen LogP contribution >= 0.6 is 24.0 Å². The minimum Gasteiger partial charge on any atom is -0.340 e. The summed E-state index contributed by atoms with van der Waals surface area (Å²) in [6.07, 6.45) is 6.79.